The van der Waals surface area contributed by atoms with Crippen LogP contribution in [0, 0.1) is 0 Å². The first-order valence-electron chi connectivity index (χ1n) is 8.40. The molecule has 0 saturated carbocycles. The summed E-state index contributed by atoms with van der Waals surface area (Å²) in [6.45, 7) is 2.71. The van der Waals surface area contributed by atoms with Crippen LogP contribution in [0.4, 0.5) is 16.2 Å². The Morgan fingerprint density at radius 2 is 1.77 bits per heavy atom. The number of ether oxygens (including phenoxy) is 2. The highest BCUT2D eigenvalue weighted by Gasteiger charge is 2.23. The second-order valence-corrected chi connectivity index (χ2v) is 6.33. The molecule has 1 saturated heterocycles. The lowest BCUT2D eigenvalue weighted by Gasteiger charge is -2.36. The Kier molecular flexibility index (Phi) is 5.73. The third-order valence-corrected chi connectivity index (χ3v) is 4.73. The SMILES string of the molecule is COc1ccc(NC(=O)N2CCN(c3ccccc3Cl)CC2)c(OC)c1. The highest BCUT2D eigenvalue weighted by Crippen LogP contribution is 2.30. The monoisotopic (exact) mass is 375 g/mol. The zero-order valence-electron chi connectivity index (χ0n) is 14.9. The van der Waals surface area contributed by atoms with Gasteiger partial charge in [-0.15, -0.1) is 0 Å². The van der Waals surface area contributed by atoms with Gasteiger partial charge in [-0.25, -0.2) is 4.79 Å². The number of carbonyl (C=O) groups is 1. The molecule has 0 atom stereocenters. The van der Waals surface area contributed by atoms with Gasteiger partial charge in [-0.3, -0.25) is 0 Å². The van der Waals surface area contributed by atoms with E-state index >= 15 is 0 Å². The van der Waals surface area contributed by atoms with Gasteiger partial charge in [0.15, 0.2) is 0 Å². The number of benzene rings is 2. The number of halogens is 1. The number of anilines is 2. The summed E-state index contributed by atoms with van der Waals surface area (Å²) in [6, 6.07) is 12.9. The van der Waals surface area contributed by atoms with E-state index in [2.05, 4.69) is 10.2 Å². The number of piperazine rings is 1. The van der Waals surface area contributed by atoms with E-state index in [0.29, 0.717) is 30.3 Å². The van der Waals surface area contributed by atoms with Crippen LogP contribution in [0.15, 0.2) is 42.5 Å². The summed E-state index contributed by atoms with van der Waals surface area (Å²) < 4.78 is 10.5. The van der Waals surface area contributed by atoms with Crippen molar-refractivity contribution in [2.75, 3.05) is 50.6 Å². The molecule has 0 spiro atoms. The van der Waals surface area contributed by atoms with Gasteiger partial charge < -0.3 is 24.6 Å². The Balaban J connectivity index is 1.61. The number of methoxy groups -OCH3 is 2. The Labute approximate surface area is 158 Å². The van der Waals surface area contributed by atoms with Crippen molar-refractivity contribution in [3.63, 3.8) is 0 Å². The molecule has 2 aromatic carbocycles. The van der Waals surface area contributed by atoms with E-state index in [9.17, 15) is 4.79 Å². The van der Waals surface area contributed by atoms with Crippen LogP contribution in [0.3, 0.4) is 0 Å². The molecule has 0 radical (unpaired) electrons. The number of amides is 2. The predicted molar refractivity (Wildman–Crippen MR) is 104 cm³/mol. The molecule has 2 amide bonds. The fraction of sp³-hybridized carbons (Fsp3) is 0.316. The van der Waals surface area contributed by atoms with Gasteiger partial charge in [-0.2, -0.15) is 0 Å². The van der Waals surface area contributed by atoms with Crippen molar-refractivity contribution in [2.45, 2.75) is 0 Å². The van der Waals surface area contributed by atoms with Gasteiger partial charge in [0, 0.05) is 32.2 Å². The minimum absolute atomic E-state index is 0.146. The lowest BCUT2D eigenvalue weighted by molar-refractivity contribution is 0.208. The van der Waals surface area contributed by atoms with E-state index in [-0.39, 0.29) is 6.03 Å². The summed E-state index contributed by atoms with van der Waals surface area (Å²) in [5, 5.41) is 3.64. The average molecular weight is 376 g/mol. The molecule has 0 aliphatic carbocycles. The maximum Gasteiger partial charge on any atom is 0.322 e. The maximum atomic E-state index is 12.6. The number of nitrogens with zero attached hydrogens (tertiary/aromatic N) is 2. The van der Waals surface area contributed by atoms with E-state index in [1.807, 2.05) is 24.3 Å². The van der Waals surface area contributed by atoms with Crippen molar-refractivity contribution in [3.05, 3.63) is 47.5 Å². The molecule has 1 fully saturated rings. The Morgan fingerprint density at radius 3 is 2.42 bits per heavy atom. The fourth-order valence-corrected chi connectivity index (χ4v) is 3.21. The van der Waals surface area contributed by atoms with Gasteiger partial charge >= 0.3 is 6.03 Å². The van der Waals surface area contributed by atoms with E-state index in [0.717, 1.165) is 23.8 Å². The van der Waals surface area contributed by atoms with E-state index in [1.54, 1.807) is 37.3 Å². The highest BCUT2D eigenvalue weighted by atomic mass is 35.5. The lowest BCUT2D eigenvalue weighted by atomic mass is 10.2. The van der Waals surface area contributed by atoms with Crippen LogP contribution in [-0.2, 0) is 0 Å². The van der Waals surface area contributed by atoms with Gasteiger partial charge in [0.2, 0.25) is 0 Å². The molecule has 0 unspecified atom stereocenters. The smallest absolute Gasteiger partial charge is 0.322 e. The van der Waals surface area contributed by atoms with Crippen molar-refractivity contribution >= 4 is 29.0 Å². The van der Waals surface area contributed by atoms with Gasteiger partial charge in [0.05, 0.1) is 30.6 Å². The van der Waals surface area contributed by atoms with Crippen LogP contribution in [-0.4, -0.2) is 51.3 Å². The van der Waals surface area contributed by atoms with Crippen LogP contribution in [0.1, 0.15) is 0 Å². The summed E-state index contributed by atoms with van der Waals surface area (Å²) in [6.07, 6.45) is 0. The number of nitrogens with one attached hydrogen (secondary N) is 1. The largest absolute Gasteiger partial charge is 0.497 e. The minimum atomic E-state index is -0.146. The average Bonchev–Trinajstić information content (AvgIpc) is 2.68. The first kappa shape index (κ1) is 18.2. The number of rotatable bonds is 4. The molecule has 7 heteroatoms. The van der Waals surface area contributed by atoms with Gasteiger partial charge in [-0.1, -0.05) is 23.7 Å². The van der Waals surface area contributed by atoms with Crippen LogP contribution >= 0.6 is 11.6 Å². The van der Waals surface area contributed by atoms with Crippen molar-refractivity contribution in [2.24, 2.45) is 0 Å². The number of urea groups is 1. The van der Waals surface area contributed by atoms with Crippen LogP contribution < -0.4 is 19.7 Å². The number of carbonyl (C=O) groups excluding carboxylic acids is 1. The molecular weight excluding hydrogens is 354 g/mol. The Hall–Kier alpha value is -2.60. The quantitative estimate of drug-likeness (QED) is 0.885. The molecule has 6 nitrogen and oxygen atoms in total. The third-order valence-electron chi connectivity index (χ3n) is 4.41. The molecule has 1 heterocycles. The molecule has 1 aliphatic heterocycles. The molecule has 1 N–H and O–H groups in total. The molecule has 26 heavy (non-hydrogen) atoms. The summed E-state index contributed by atoms with van der Waals surface area (Å²) in [7, 11) is 3.15. The minimum Gasteiger partial charge on any atom is -0.497 e. The molecule has 1 aliphatic rings. The first-order chi connectivity index (χ1) is 12.6. The second-order valence-electron chi connectivity index (χ2n) is 5.92. The molecule has 2 aromatic rings. The number of para-hydroxylation sites is 1. The highest BCUT2D eigenvalue weighted by molar-refractivity contribution is 6.33. The molecule has 0 bridgehead atoms. The zero-order valence-corrected chi connectivity index (χ0v) is 15.6. The summed E-state index contributed by atoms with van der Waals surface area (Å²) in [5.74, 6) is 1.24. The van der Waals surface area contributed by atoms with Crippen LogP contribution in [0.2, 0.25) is 5.02 Å². The lowest BCUT2D eigenvalue weighted by Crippen LogP contribution is -2.50. The third kappa shape index (κ3) is 3.96. The molecule has 0 aromatic heterocycles. The van der Waals surface area contributed by atoms with Crippen LogP contribution in [0.25, 0.3) is 0 Å². The van der Waals surface area contributed by atoms with E-state index < -0.39 is 0 Å². The summed E-state index contributed by atoms with van der Waals surface area (Å²) in [4.78, 5) is 16.6. The zero-order chi connectivity index (χ0) is 18.5. The number of hydrogen-bond donors (Lipinski definition) is 1. The standard InChI is InChI=1S/C19H22ClN3O3/c1-25-14-7-8-16(18(13-14)26-2)21-19(24)23-11-9-22(10-12-23)17-6-4-3-5-15(17)20/h3-8,13H,9-12H2,1-2H3,(H,21,24). The topological polar surface area (TPSA) is 54.0 Å². The van der Waals surface area contributed by atoms with Crippen molar-refractivity contribution in [3.8, 4) is 11.5 Å². The second kappa shape index (κ2) is 8.19. The van der Waals surface area contributed by atoms with Crippen molar-refractivity contribution in [1.29, 1.82) is 0 Å². The fourth-order valence-electron chi connectivity index (χ4n) is 2.95. The first-order valence-corrected chi connectivity index (χ1v) is 8.77. The van der Waals surface area contributed by atoms with Gasteiger partial charge in [0.1, 0.15) is 11.5 Å². The molecular formula is C19H22ClN3O3. The molecule has 3 rings (SSSR count). The van der Waals surface area contributed by atoms with Gasteiger partial charge in [-0.05, 0) is 24.3 Å². The Bertz CT molecular complexity index is 776. The Morgan fingerprint density at radius 1 is 1.04 bits per heavy atom. The summed E-state index contributed by atoms with van der Waals surface area (Å²) in [5.41, 5.74) is 1.62. The van der Waals surface area contributed by atoms with Crippen molar-refractivity contribution < 1.29 is 14.3 Å². The van der Waals surface area contributed by atoms with E-state index in [4.69, 9.17) is 21.1 Å². The summed E-state index contributed by atoms with van der Waals surface area (Å²) >= 11 is 6.26. The molecule has 138 valence electrons. The predicted octanol–water partition coefficient (Wildman–Crippen LogP) is 3.71. The van der Waals surface area contributed by atoms with Crippen LogP contribution in [0.5, 0.6) is 11.5 Å². The van der Waals surface area contributed by atoms with Crippen molar-refractivity contribution in [1.82, 2.24) is 4.90 Å². The maximum absolute atomic E-state index is 12.6. The van der Waals surface area contributed by atoms with E-state index in [1.165, 1.54) is 0 Å². The number of hydrogen-bond acceptors (Lipinski definition) is 4. The normalized spacial score (nSPS) is 14.1. The van der Waals surface area contributed by atoms with Gasteiger partial charge in [0.25, 0.3) is 0 Å².